The zero-order valence-electron chi connectivity index (χ0n) is 17.5. The van der Waals surface area contributed by atoms with Crippen LogP contribution in [0.25, 0.3) is 28.2 Å². The monoisotopic (exact) mass is 580 g/mol. The minimum Gasteiger partial charge on any atom is -0.472 e. The third kappa shape index (κ3) is 4.90. The number of aryl methyl sites for hydroxylation is 1. The molecule has 172 valence electrons. The molecule has 0 spiro atoms. The van der Waals surface area contributed by atoms with Gasteiger partial charge >= 0.3 is 12.1 Å². The number of fused-ring (bicyclic) bond motifs is 1. The quantitative estimate of drug-likeness (QED) is 0.291. The highest BCUT2D eigenvalue weighted by Gasteiger charge is 2.42. The molecule has 2 atom stereocenters. The third-order valence-electron chi connectivity index (χ3n) is 4.72. The largest absolute Gasteiger partial charge is 0.472 e. The fourth-order valence-electron chi connectivity index (χ4n) is 3.22. The molecule has 13 heteroatoms. The van der Waals surface area contributed by atoms with Crippen LogP contribution in [0.1, 0.15) is 19.5 Å². The molecule has 0 aliphatic rings. The topological polar surface area (TPSA) is 78.1 Å². The van der Waals surface area contributed by atoms with Crippen molar-refractivity contribution in [2.24, 2.45) is 7.05 Å². The number of halogens is 4. The van der Waals surface area contributed by atoms with E-state index in [-0.39, 0.29) is 13.1 Å². The summed E-state index contributed by atoms with van der Waals surface area (Å²) in [5.41, 5.74) is 2.76. The number of pyridine rings is 1. The summed E-state index contributed by atoms with van der Waals surface area (Å²) in [5, 5.41) is 9.52. The van der Waals surface area contributed by atoms with E-state index in [9.17, 15) is 18.0 Å². The number of carbonyl (C=O) groups excluding carboxylic acids is 1. The van der Waals surface area contributed by atoms with Crippen LogP contribution < -0.4 is 4.74 Å². The Kier molecular flexibility index (Phi) is 7.43. The van der Waals surface area contributed by atoms with E-state index >= 15 is 0 Å². The maximum Gasteiger partial charge on any atom is 0.471 e. The first-order valence-electron chi connectivity index (χ1n) is 9.53. The molecule has 0 radical (unpaired) electrons. The Labute approximate surface area is 197 Å². The Bertz CT molecular complexity index is 1150. The van der Waals surface area contributed by atoms with Crippen LogP contribution in [0.5, 0.6) is 5.88 Å². The van der Waals surface area contributed by atoms with Gasteiger partial charge in [-0.3, -0.25) is 4.79 Å². The van der Waals surface area contributed by atoms with Gasteiger partial charge in [0.05, 0.1) is 30.4 Å². The van der Waals surface area contributed by atoms with E-state index in [1.807, 2.05) is 6.07 Å². The Balaban J connectivity index is 1.90. The molecule has 2 unspecified atom stereocenters. The number of alkyl halides is 3. The number of rotatable bonds is 8. The number of carbonyl (C=O) groups is 1. The summed E-state index contributed by atoms with van der Waals surface area (Å²) < 4.78 is 47.6. The number of ether oxygens (including phenoxy) is 1. The van der Waals surface area contributed by atoms with Crippen molar-refractivity contribution in [2.45, 2.75) is 26.1 Å². The molecule has 3 rings (SSSR count). The number of amides is 1. The summed E-state index contributed by atoms with van der Waals surface area (Å²) in [6.45, 7) is 6.58. The van der Waals surface area contributed by atoms with Crippen LogP contribution in [0.2, 0.25) is 0 Å². The minimum absolute atomic E-state index is 0.0866. The molecule has 1 amide bonds. The summed E-state index contributed by atoms with van der Waals surface area (Å²) in [5.74, 6) is -1.53. The Morgan fingerprint density at radius 2 is 2.16 bits per heavy atom. The van der Waals surface area contributed by atoms with Gasteiger partial charge in [0.1, 0.15) is 6.10 Å². The molecular weight excluding hydrogens is 559 g/mol. The lowest BCUT2D eigenvalue weighted by Crippen LogP contribution is -2.45. The van der Waals surface area contributed by atoms with Crippen LogP contribution in [-0.2, 0) is 11.8 Å². The molecule has 0 aliphatic heterocycles. The lowest BCUT2D eigenvalue weighted by molar-refractivity contribution is -0.186. The van der Waals surface area contributed by atoms with Gasteiger partial charge in [0.25, 0.3) is 0 Å². The molecular formula is C19H21F3IN6O2P. The molecule has 8 nitrogen and oxygen atoms in total. The van der Waals surface area contributed by atoms with E-state index in [0.29, 0.717) is 34.0 Å². The van der Waals surface area contributed by atoms with Gasteiger partial charge in [-0.2, -0.15) is 23.4 Å². The minimum atomic E-state index is -4.93. The molecule has 3 heterocycles. The summed E-state index contributed by atoms with van der Waals surface area (Å²) >= 11 is 2.22. The fraction of sp³-hybridized carbons (Fsp3) is 0.368. The standard InChI is InChI=1S/C19H21F3IN6O2P/c1-5-15-13-7-12(8-24-16(13)29(26-15)32-23)14-9-25-27(4)17(14)31-11(3)10-28(6-2)18(30)19(20,21)22/h5,7-9,11,32H,1,6,10H2,2-4H3. The molecule has 0 aliphatic carbocycles. The van der Waals surface area contributed by atoms with Gasteiger partial charge in [-0.15, -0.1) is 0 Å². The second-order valence-electron chi connectivity index (χ2n) is 6.94. The van der Waals surface area contributed by atoms with Crippen LogP contribution >= 0.6 is 28.4 Å². The summed E-state index contributed by atoms with van der Waals surface area (Å²) in [4.78, 5) is 16.8. The van der Waals surface area contributed by atoms with Crippen molar-refractivity contribution in [1.29, 1.82) is 0 Å². The molecule has 0 saturated heterocycles. The van der Waals surface area contributed by atoms with Crippen molar-refractivity contribution in [3.05, 3.63) is 30.7 Å². The molecule has 3 aromatic heterocycles. The van der Waals surface area contributed by atoms with Crippen LogP contribution in [0.15, 0.2) is 25.0 Å². The fourth-order valence-corrected chi connectivity index (χ4v) is 4.63. The van der Waals surface area contributed by atoms with Crippen LogP contribution in [0.3, 0.4) is 0 Å². The predicted octanol–water partition coefficient (Wildman–Crippen LogP) is 4.44. The Hall–Kier alpha value is -2.21. The average molecular weight is 580 g/mol. The van der Waals surface area contributed by atoms with E-state index in [1.165, 1.54) is 11.6 Å². The maximum atomic E-state index is 12.8. The third-order valence-corrected chi connectivity index (χ3v) is 6.56. The summed E-state index contributed by atoms with van der Waals surface area (Å²) in [7, 11) is 1.67. The van der Waals surface area contributed by atoms with Gasteiger partial charge in [-0.05, 0) is 48.0 Å². The highest BCUT2D eigenvalue weighted by Crippen LogP contribution is 2.35. The molecule has 0 aromatic carbocycles. The van der Waals surface area contributed by atoms with Gasteiger partial charge in [0.15, 0.2) is 5.65 Å². The first-order valence-corrected chi connectivity index (χ1v) is 13.6. The zero-order valence-corrected chi connectivity index (χ0v) is 20.7. The highest BCUT2D eigenvalue weighted by atomic mass is 127. The predicted molar refractivity (Wildman–Crippen MR) is 126 cm³/mol. The molecule has 3 aromatic rings. The smallest absolute Gasteiger partial charge is 0.471 e. The Morgan fingerprint density at radius 3 is 2.75 bits per heavy atom. The van der Waals surface area contributed by atoms with Gasteiger partial charge in [0, 0.05) is 30.7 Å². The summed E-state index contributed by atoms with van der Waals surface area (Å²) in [6, 6.07) is 1.90. The number of hydrogen-bond acceptors (Lipinski definition) is 5. The van der Waals surface area contributed by atoms with Crippen LogP contribution in [-0.4, -0.2) is 60.5 Å². The summed E-state index contributed by atoms with van der Waals surface area (Å²) in [6.07, 6.45) is -0.345. The van der Waals surface area contributed by atoms with E-state index in [2.05, 4.69) is 43.8 Å². The Morgan fingerprint density at radius 1 is 1.44 bits per heavy atom. The number of aromatic nitrogens is 5. The van der Waals surface area contributed by atoms with Crippen molar-refractivity contribution < 1.29 is 22.7 Å². The number of nitrogens with zero attached hydrogens (tertiary/aromatic N) is 6. The van der Waals surface area contributed by atoms with Crippen molar-refractivity contribution in [3.8, 4) is 17.0 Å². The number of hydrogen-bond donors (Lipinski definition) is 0. The zero-order chi connectivity index (χ0) is 23.6. The van der Waals surface area contributed by atoms with E-state index in [4.69, 9.17) is 4.74 Å². The van der Waals surface area contributed by atoms with Crippen LogP contribution in [0, 0.1) is 0 Å². The molecule has 0 N–H and O–H groups in total. The van der Waals surface area contributed by atoms with Gasteiger partial charge in [-0.25, -0.2) is 14.1 Å². The van der Waals surface area contributed by atoms with Crippen molar-refractivity contribution in [3.63, 3.8) is 0 Å². The molecule has 0 fully saturated rings. The van der Waals surface area contributed by atoms with Crippen LogP contribution in [0.4, 0.5) is 13.2 Å². The number of likely N-dealkylation sites (N-methyl/N-ethyl adjacent to an activating group) is 1. The normalized spacial score (nSPS) is 13.1. The van der Waals surface area contributed by atoms with Gasteiger partial charge < -0.3 is 9.64 Å². The SMILES string of the molecule is C=Cc1nn(PI)c2ncc(-c3cnn(C)c3OC(C)CN(CC)C(=O)C(F)(F)F)cc12. The lowest BCUT2D eigenvalue weighted by Gasteiger charge is -2.26. The molecule has 0 saturated carbocycles. The van der Waals surface area contributed by atoms with E-state index < -0.39 is 18.2 Å². The van der Waals surface area contributed by atoms with Gasteiger partial charge in [0.2, 0.25) is 5.88 Å². The lowest BCUT2D eigenvalue weighted by atomic mass is 10.1. The molecule has 0 bridgehead atoms. The second kappa shape index (κ2) is 9.74. The van der Waals surface area contributed by atoms with Crippen molar-refractivity contribution >= 4 is 51.4 Å². The van der Waals surface area contributed by atoms with Crippen molar-refractivity contribution in [2.75, 3.05) is 13.1 Å². The first kappa shape index (κ1) is 24.4. The maximum absolute atomic E-state index is 12.8. The van der Waals surface area contributed by atoms with E-state index in [0.717, 1.165) is 11.0 Å². The highest BCUT2D eigenvalue weighted by molar-refractivity contribution is 14.2. The second-order valence-corrected chi connectivity index (χ2v) is 8.98. The average Bonchev–Trinajstić information content (AvgIpc) is 3.30. The first-order chi connectivity index (χ1) is 15.1. The van der Waals surface area contributed by atoms with E-state index in [1.54, 1.807) is 36.9 Å². The molecule has 32 heavy (non-hydrogen) atoms. The van der Waals surface area contributed by atoms with Gasteiger partial charge in [-0.1, -0.05) is 6.58 Å². The van der Waals surface area contributed by atoms with Crippen molar-refractivity contribution in [1.82, 2.24) is 29.2 Å².